The first-order valence-electron chi connectivity index (χ1n) is 4.88. The number of halogens is 3. The number of aldehydes is 1. The molecule has 0 saturated heterocycles. The molecule has 7 heteroatoms. The molecule has 94 valence electrons. The molecule has 0 saturated carbocycles. The maximum atomic E-state index is 12.3. The van der Waals surface area contributed by atoms with E-state index in [1.54, 1.807) is 6.92 Å². The number of pyridine rings is 1. The second kappa shape index (κ2) is 4.49. The van der Waals surface area contributed by atoms with Gasteiger partial charge in [0.2, 0.25) is 0 Å². The molecular formula is C11H7F3N2OS. The van der Waals surface area contributed by atoms with Gasteiger partial charge < -0.3 is 0 Å². The molecule has 0 atom stereocenters. The molecule has 0 aliphatic heterocycles. The summed E-state index contributed by atoms with van der Waals surface area (Å²) in [5.41, 5.74) is 0.0734. The van der Waals surface area contributed by atoms with Crippen LogP contribution in [-0.2, 0) is 6.18 Å². The Morgan fingerprint density at radius 1 is 1.33 bits per heavy atom. The molecule has 3 nitrogen and oxygen atoms in total. The number of rotatable bonds is 2. The zero-order chi connectivity index (χ0) is 13.3. The summed E-state index contributed by atoms with van der Waals surface area (Å²) in [6.07, 6.45) is -2.67. The molecule has 0 fully saturated rings. The van der Waals surface area contributed by atoms with E-state index in [9.17, 15) is 18.0 Å². The fourth-order valence-corrected chi connectivity index (χ4v) is 2.20. The maximum absolute atomic E-state index is 12.3. The summed E-state index contributed by atoms with van der Waals surface area (Å²) < 4.78 is 37.0. The number of nitrogens with zero attached hydrogens (tertiary/aromatic N) is 2. The third-order valence-corrected chi connectivity index (χ3v) is 3.37. The van der Waals surface area contributed by atoms with Gasteiger partial charge in [0, 0.05) is 11.8 Å². The van der Waals surface area contributed by atoms with Crippen LogP contribution in [-0.4, -0.2) is 16.3 Å². The lowest BCUT2D eigenvalue weighted by Gasteiger charge is -2.05. The number of carbonyl (C=O) groups is 1. The topological polar surface area (TPSA) is 42.9 Å². The predicted molar refractivity (Wildman–Crippen MR) is 60.5 cm³/mol. The smallest absolute Gasteiger partial charge is 0.297 e. The molecule has 0 radical (unpaired) electrons. The van der Waals surface area contributed by atoms with Gasteiger partial charge in [0.15, 0.2) is 6.29 Å². The third kappa shape index (κ3) is 2.40. The van der Waals surface area contributed by atoms with Crippen molar-refractivity contribution < 1.29 is 18.0 Å². The third-order valence-electron chi connectivity index (χ3n) is 2.24. The minimum atomic E-state index is -4.45. The van der Waals surface area contributed by atoms with Gasteiger partial charge in [-0.15, -0.1) is 11.3 Å². The number of alkyl halides is 3. The molecule has 0 aliphatic rings. The Bertz CT molecular complexity index is 575. The van der Waals surface area contributed by atoms with Crippen molar-refractivity contribution in [1.29, 1.82) is 0 Å². The van der Waals surface area contributed by atoms with E-state index in [4.69, 9.17) is 0 Å². The molecule has 0 unspecified atom stereocenters. The Labute approximate surface area is 104 Å². The molecule has 2 aromatic heterocycles. The highest BCUT2D eigenvalue weighted by Crippen LogP contribution is 2.30. The predicted octanol–water partition coefficient (Wildman–Crippen LogP) is 3.34. The lowest BCUT2D eigenvalue weighted by Crippen LogP contribution is -2.07. The monoisotopic (exact) mass is 272 g/mol. The zero-order valence-corrected chi connectivity index (χ0v) is 9.97. The Morgan fingerprint density at radius 2 is 2.06 bits per heavy atom. The van der Waals surface area contributed by atoms with Crippen molar-refractivity contribution in [2.75, 3.05) is 0 Å². The Morgan fingerprint density at radius 3 is 2.50 bits per heavy atom. The van der Waals surface area contributed by atoms with E-state index in [2.05, 4.69) is 9.97 Å². The van der Waals surface area contributed by atoms with Crippen LogP contribution in [0.25, 0.3) is 10.6 Å². The SMILES string of the molecule is Cc1nc(-c2ccc(C(F)(F)F)nc2)sc1C=O. The molecule has 2 aromatic rings. The summed E-state index contributed by atoms with van der Waals surface area (Å²) in [6.45, 7) is 1.67. The van der Waals surface area contributed by atoms with Crippen molar-refractivity contribution in [3.8, 4) is 10.6 Å². The molecule has 0 amide bonds. The lowest BCUT2D eigenvalue weighted by molar-refractivity contribution is -0.141. The van der Waals surface area contributed by atoms with Crippen LogP contribution in [0.15, 0.2) is 18.3 Å². The summed E-state index contributed by atoms with van der Waals surface area (Å²) in [6, 6.07) is 2.19. The van der Waals surface area contributed by atoms with Crippen molar-refractivity contribution in [1.82, 2.24) is 9.97 Å². The molecule has 0 aromatic carbocycles. The number of thiazole rings is 1. The summed E-state index contributed by atoms with van der Waals surface area (Å²) >= 11 is 1.13. The average Bonchev–Trinajstić information content (AvgIpc) is 2.69. The van der Waals surface area contributed by atoms with E-state index in [-0.39, 0.29) is 0 Å². The first kappa shape index (κ1) is 12.7. The number of hydrogen-bond donors (Lipinski definition) is 0. The highest BCUT2D eigenvalue weighted by atomic mass is 32.1. The van der Waals surface area contributed by atoms with Crippen molar-refractivity contribution in [3.63, 3.8) is 0 Å². The van der Waals surface area contributed by atoms with Gasteiger partial charge in [-0.1, -0.05) is 0 Å². The molecule has 2 rings (SSSR count). The van der Waals surface area contributed by atoms with Crippen molar-refractivity contribution in [3.05, 3.63) is 34.6 Å². The van der Waals surface area contributed by atoms with Gasteiger partial charge in [0.1, 0.15) is 10.7 Å². The fourth-order valence-electron chi connectivity index (χ4n) is 1.33. The number of hydrogen-bond acceptors (Lipinski definition) is 4. The van der Waals surface area contributed by atoms with E-state index in [1.807, 2.05) is 0 Å². The maximum Gasteiger partial charge on any atom is 0.433 e. The average molecular weight is 272 g/mol. The lowest BCUT2D eigenvalue weighted by atomic mass is 10.2. The molecule has 2 heterocycles. The summed E-state index contributed by atoms with van der Waals surface area (Å²) in [7, 11) is 0. The van der Waals surface area contributed by atoms with E-state index >= 15 is 0 Å². The van der Waals surface area contributed by atoms with Crippen molar-refractivity contribution >= 4 is 17.6 Å². The Balaban J connectivity index is 2.37. The number of carbonyl (C=O) groups excluding carboxylic acids is 1. The zero-order valence-electron chi connectivity index (χ0n) is 9.15. The number of aryl methyl sites for hydroxylation is 1. The van der Waals surface area contributed by atoms with Gasteiger partial charge in [-0.2, -0.15) is 13.2 Å². The quantitative estimate of drug-likeness (QED) is 0.787. The van der Waals surface area contributed by atoms with Gasteiger partial charge in [-0.25, -0.2) is 4.98 Å². The van der Waals surface area contributed by atoms with Crippen molar-refractivity contribution in [2.24, 2.45) is 0 Å². The Kier molecular flexibility index (Phi) is 3.16. The van der Waals surface area contributed by atoms with Crippen LogP contribution in [0, 0.1) is 6.92 Å². The summed E-state index contributed by atoms with van der Waals surface area (Å²) in [5.74, 6) is 0. The molecule has 0 N–H and O–H groups in total. The van der Waals surface area contributed by atoms with E-state index in [0.717, 1.165) is 23.6 Å². The largest absolute Gasteiger partial charge is 0.433 e. The Hall–Kier alpha value is -1.76. The first-order chi connectivity index (χ1) is 8.41. The van der Waals surface area contributed by atoms with Gasteiger partial charge in [0.05, 0.1) is 10.6 Å². The van der Waals surface area contributed by atoms with Crippen molar-refractivity contribution in [2.45, 2.75) is 13.1 Å². The van der Waals surface area contributed by atoms with Crippen LogP contribution in [0.2, 0.25) is 0 Å². The fraction of sp³-hybridized carbons (Fsp3) is 0.182. The molecular weight excluding hydrogens is 265 g/mol. The normalized spacial score (nSPS) is 11.6. The molecule has 0 bridgehead atoms. The second-order valence-electron chi connectivity index (χ2n) is 3.52. The highest BCUT2D eigenvalue weighted by molar-refractivity contribution is 7.16. The van der Waals surface area contributed by atoms with Gasteiger partial charge in [-0.3, -0.25) is 9.78 Å². The van der Waals surface area contributed by atoms with Gasteiger partial charge in [-0.05, 0) is 19.1 Å². The van der Waals surface area contributed by atoms with E-state index in [0.29, 0.717) is 27.4 Å². The van der Waals surface area contributed by atoms with E-state index in [1.165, 1.54) is 6.07 Å². The minimum Gasteiger partial charge on any atom is -0.297 e. The van der Waals surface area contributed by atoms with Crippen LogP contribution in [0.4, 0.5) is 13.2 Å². The molecule has 0 aliphatic carbocycles. The van der Waals surface area contributed by atoms with Crippen LogP contribution >= 0.6 is 11.3 Å². The van der Waals surface area contributed by atoms with Gasteiger partial charge in [0.25, 0.3) is 0 Å². The molecule has 0 spiro atoms. The van der Waals surface area contributed by atoms with Crippen LogP contribution in [0.1, 0.15) is 21.1 Å². The molecule has 18 heavy (non-hydrogen) atoms. The van der Waals surface area contributed by atoms with Crippen LogP contribution in [0.5, 0.6) is 0 Å². The second-order valence-corrected chi connectivity index (χ2v) is 4.55. The van der Waals surface area contributed by atoms with Crippen LogP contribution in [0.3, 0.4) is 0 Å². The first-order valence-corrected chi connectivity index (χ1v) is 5.69. The van der Waals surface area contributed by atoms with E-state index < -0.39 is 11.9 Å². The summed E-state index contributed by atoms with van der Waals surface area (Å²) in [5, 5.41) is 0.482. The highest BCUT2D eigenvalue weighted by Gasteiger charge is 2.32. The minimum absolute atomic E-state index is 0.462. The summed E-state index contributed by atoms with van der Waals surface area (Å²) in [4.78, 5) is 18.6. The van der Waals surface area contributed by atoms with Gasteiger partial charge >= 0.3 is 6.18 Å². The van der Waals surface area contributed by atoms with Crippen LogP contribution < -0.4 is 0 Å². The standard InChI is InChI=1S/C11H7F3N2OS/c1-6-8(5-17)18-10(16-6)7-2-3-9(15-4-7)11(12,13)14/h2-5H,1H3. The number of aromatic nitrogens is 2.